The number of unbranched alkanes of at least 4 members (excludes halogenated alkanes) is 18. The molecule has 0 aromatic carbocycles. The third-order valence-electron chi connectivity index (χ3n) is 6.48. The summed E-state index contributed by atoms with van der Waals surface area (Å²) in [6.45, 7) is 8.47. The van der Waals surface area contributed by atoms with Crippen LogP contribution >= 0.6 is 0 Å². The van der Waals surface area contributed by atoms with E-state index in [1.807, 2.05) is 0 Å². The molecule has 0 aliphatic carbocycles. The van der Waals surface area contributed by atoms with Crippen molar-refractivity contribution < 1.29 is 19.1 Å². The van der Waals surface area contributed by atoms with Gasteiger partial charge in [-0.1, -0.05) is 129 Å². The molecule has 0 aromatic heterocycles. The van der Waals surface area contributed by atoms with Crippen molar-refractivity contribution in [2.24, 2.45) is 5.41 Å². The Morgan fingerprint density at radius 3 is 0.970 bits per heavy atom. The first-order valence-electron chi connectivity index (χ1n) is 14.3. The van der Waals surface area contributed by atoms with Gasteiger partial charge >= 0.3 is 11.9 Å². The Hall–Kier alpha value is -1.06. The first-order chi connectivity index (χ1) is 16.0. The van der Waals surface area contributed by atoms with Crippen LogP contribution in [0.25, 0.3) is 0 Å². The highest BCUT2D eigenvalue weighted by atomic mass is 16.6. The molecule has 0 heterocycles. The van der Waals surface area contributed by atoms with Crippen molar-refractivity contribution in [1.82, 2.24) is 0 Å². The van der Waals surface area contributed by atoms with Crippen LogP contribution in [0.15, 0.2) is 0 Å². The molecule has 0 radical (unpaired) electrons. The molecule has 0 spiro atoms. The van der Waals surface area contributed by atoms with E-state index in [1.165, 1.54) is 103 Å². The maximum absolute atomic E-state index is 12.3. The standard InChI is InChI=1S/C29H56O4/c1-5-7-9-11-13-14-15-16-17-18-20-22-24-26-33-28(31)29(3,4)27(30)32-25-23-21-19-12-10-8-6-2/h5-26H2,1-4H3. The Bertz CT molecular complexity index is 459. The van der Waals surface area contributed by atoms with E-state index in [2.05, 4.69) is 13.8 Å². The van der Waals surface area contributed by atoms with Crippen LogP contribution in [0.1, 0.15) is 156 Å². The van der Waals surface area contributed by atoms with Crippen LogP contribution in [-0.2, 0) is 19.1 Å². The van der Waals surface area contributed by atoms with E-state index in [0.29, 0.717) is 13.2 Å². The first-order valence-corrected chi connectivity index (χ1v) is 14.3. The number of esters is 2. The van der Waals surface area contributed by atoms with Gasteiger partial charge in [0.25, 0.3) is 0 Å². The van der Waals surface area contributed by atoms with E-state index in [1.54, 1.807) is 13.8 Å². The second kappa shape index (κ2) is 22.7. The summed E-state index contributed by atoms with van der Waals surface area (Å²) in [6, 6.07) is 0. The minimum atomic E-state index is -1.22. The summed E-state index contributed by atoms with van der Waals surface area (Å²) >= 11 is 0. The fourth-order valence-corrected chi connectivity index (χ4v) is 3.95. The average molecular weight is 469 g/mol. The maximum Gasteiger partial charge on any atom is 0.322 e. The fourth-order valence-electron chi connectivity index (χ4n) is 3.95. The normalized spacial score (nSPS) is 11.5. The second-order valence-electron chi connectivity index (χ2n) is 10.3. The molecule has 0 rings (SSSR count). The van der Waals surface area contributed by atoms with Gasteiger partial charge in [0.1, 0.15) is 0 Å². The lowest BCUT2D eigenvalue weighted by Gasteiger charge is -2.20. The third-order valence-corrected chi connectivity index (χ3v) is 6.48. The van der Waals surface area contributed by atoms with Gasteiger partial charge in [0.2, 0.25) is 0 Å². The third kappa shape index (κ3) is 19.0. The molecular formula is C29H56O4. The molecule has 0 N–H and O–H groups in total. The van der Waals surface area contributed by atoms with E-state index >= 15 is 0 Å². The predicted molar refractivity (Wildman–Crippen MR) is 139 cm³/mol. The van der Waals surface area contributed by atoms with Crippen LogP contribution in [-0.4, -0.2) is 25.2 Å². The van der Waals surface area contributed by atoms with Crippen molar-refractivity contribution in [2.45, 2.75) is 156 Å². The van der Waals surface area contributed by atoms with Gasteiger partial charge in [0.15, 0.2) is 5.41 Å². The SMILES string of the molecule is CCCCCCCCCCCCCCCOC(=O)C(C)(C)C(=O)OCCCCCCCCC. The minimum absolute atomic E-state index is 0.391. The number of hydrogen-bond acceptors (Lipinski definition) is 4. The number of hydrogen-bond donors (Lipinski definition) is 0. The molecule has 0 aliphatic heterocycles. The lowest BCUT2D eigenvalue weighted by atomic mass is 9.94. The molecule has 33 heavy (non-hydrogen) atoms. The summed E-state index contributed by atoms with van der Waals surface area (Å²) in [5.41, 5.74) is -1.22. The van der Waals surface area contributed by atoms with Gasteiger partial charge < -0.3 is 9.47 Å². The highest BCUT2D eigenvalue weighted by Crippen LogP contribution is 2.21. The van der Waals surface area contributed by atoms with Crippen molar-refractivity contribution in [3.05, 3.63) is 0 Å². The first kappa shape index (κ1) is 31.9. The summed E-state index contributed by atoms with van der Waals surface area (Å²) in [7, 11) is 0. The Kier molecular flexibility index (Phi) is 22.0. The molecule has 0 aromatic rings. The lowest BCUT2D eigenvalue weighted by Crippen LogP contribution is -2.37. The summed E-state index contributed by atoms with van der Waals surface area (Å²) in [5.74, 6) is -0.935. The summed E-state index contributed by atoms with van der Waals surface area (Å²) in [6.07, 6.45) is 24.9. The quantitative estimate of drug-likeness (QED) is 0.0805. The minimum Gasteiger partial charge on any atom is -0.465 e. The van der Waals surface area contributed by atoms with E-state index in [9.17, 15) is 9.59 Å². The van der Waals surface area contributed by atoms with Crippen molar-refractivity contribution in [1.29, 1.82) is 0 Å². The van der Waals surface area contributed by atoms with Gasteiger partial charge in [0, 0.05) is 0 Å². The van der Waals surface area contributed by atoms with E-state index in [-0.39, 0.29) is 0 Å². The van der Waals surface area contributed by atoms with Crippen LogP contribution in [0, 0.1) is 5.41 Å². The number of ether oxygens (including phenoxy) is 2. The van der Waals surface area contributed by atoms with Gasteiger partial charge in [-0.05, 0) is 26.7 Å². The van der Waals surface area contributed by atoms with Crippen LogP contribution in [0.2, 0.25) is 0 Å². The second-order valence-corrected chi connectivity index (χ2v) is 10.3. The van der Waals surface area contributed by atoms with Gasteiger partial charge in [-0.2, -0.15) is 0 Å². The Morgan fingerprint density at radius 2 is 0.697 bits per heavy atom. The molecule has 0 atom stereocenters. The molecule has 0 amide bonds. The van der Waals surface area contributed by atoms with Crippen molar-refractivity contribution in [3.8, 4) is 0 Å². The van der Waals surface area contributed by atoms with Gasteiger partial charge in [-0.25, -0.2) is 0 Å². The number of rotatable bonds is 24. The summed E-state index contributed by atoms with van der Waals surface area (Å²) in [5, 5.41) is 0. The maximum atomic E-state index is 12.3. The fraction of sp³-hybridized carbons (Fsp3) is 0.931. The topological polar surface area (TPSA) is 52.6 Å². The monoisotopic (exact) mass is 468 g/mol. The van der Waals surface area contributed by atoms with Crippen molar-refractivity contribution in [2.75, 3.05) is 13.2 Å². The Morgan fingerprint density at radius 1 is 0.455 bits per heavy atom. The zero-order valence-corrected chi connectivity index (χ0v) is 22.7. The molecular weight excluding hydrogens is 412 g/mol. The Labute approximate surface area is 206 Å². The molecule has 0 aliphatic rings. The molecule has 196 valence electrons. The average Bonchev–Trinajstić information content (AvgIpc) is 2.80. The van der Waals surface area contributed by atoms with E-state index < -0.39 is 17.4 Å². The summed E-state index contributed by atoms with van der Waals surface area (Å²) in [4.78, 5) is 24.6. The molecule has 0 bridgehead atoms. The van der Waals surface area contributed by atoms with Crippen molar-refractivity contribution in [3.63, 3.8) is 0 Å². The molecule has 0 saturated heterocycles. The van der Waals surface area contributed by atoms with E-state index in [4.69, 9.17) is 9.47 Å². The predicted octanol–water partition coefficient (Wildman–Crippen LogP) is 8.94. The molecule has 4 heteroatoms. The van der Waals surface area contributed by atoms with Crippen LogP contribution in [0.5, 0.6) is 0 Å². The smallest absolute Gasteiger partial charge is 0.322 e. The zero-order valence-electron chi connectivity index (χ0n) is 22.7. The van der Waals surface area contributed by atoms with Gasteiger partial charge in [0.05, 0.1) is 13.2 Å². The van der Waals surface area contributed by atoms with Gasteiger partial charge in [-0.15, -0.1) is 0 Å². The number of carbonyl (C=O) groups is 2. The summed E-state index contributed by atoms with van der Waals surface area (Å²) < 4.78 is 10.7. The largest absolute Gasteiger partial charge is 0.465 e. The number of carbonyl (C=O) groups excluding carboxylic acids is 2. The molecule has 4 nitrogen and oxygen atoms in total. The zero-order chi connectivity index (χ0) is 24.6. The molecule has 0 fully saturated rings. The van der Waals surface area contributed by atoms with Crippen LogP contribution in [0.3, 0.4) is 0 Å². The van der Waals surface area contributed by atoms with Crippen molar-refractivity contribution >= 4 is 11.9 Å². The Balaban J connectivity index is 3.61. The van der Waals surface area contributed by atoms with Crippen LogP contribution < -0.4 is 0 Å². The van der Waals surface area contributed by atoms with Crippen LogP contribution in [0.4, 0.5) is 0 Å². The van der Waals surface area contributed by atoms with Gasteiger partial charge in [-0.3, -0.25) is 9.59 Å². The van der Waals surface area contributed by atoms with E-state index in [0.717, 1.165) is 25.7 Å². The lowest BCUT2D eigenvalue weighted by molar-refractivity contribution is -0.169. The molecule has 0 unspecified atom stereocenters. The highest BCUT2D eigenvalue weighted by Gasteiger charge is 2.39. The highest BCUT2D eigenvalue weighted by molar-refractivity contribution is 5.99. The molecule has 0 saturated carbocycles.